The molecule has 17 heavy (non-hydrogen) atoms. The molecular weight excluding hydrogens is 284 g/mol. The zero-order valence-electron chi connectivity index (χ0n) is 10.3. The van der Waals surface area contributed by atoms with E-state index in [4.69, 9.17) is 0 Å². The van der Waals surface area contributed by atoms with Gasteiger partial charge >= 0.3 is 0 Å². The van der Waals surface area contributed by atoms with E-state index in [9.17, 15) is 10.1 Å². The predicted octanol–water partition coefficient (Wildman–Crippen LogP) is 3.65. The van der Waals surface area contributed by atoms with Crippen molar-refractivity contribution in [2.45, 2.75) is 38.4 Å². The zero-order valence-corrected chi connectivity index (χ0v) is 11.9. The monoisotopic (exact) mass is 300 g/mol. The molecule has 0 aliphatic heterocycles. The third-order valence-electron chi connectivity index (χ3n) is 2.42. The molecule has 1 aromatic heterocycles. The number of hydrogen-bond donors (Lipinski definition) is 0. The van der Waals surface area contributed by atoms with Crippen molar-refractivity contribution in [1.29, 1.82) is 0 Å². The van der Waals surface area contributed by atoms with Crippen LogP contribution in [0.4, 0.5) is 5.69 Å². The molecule has 0 aromatic carbocycles. The SMILES string of the molecule is Cc1cnc(CC(Br)CC(C)C)c([N+](=O)[O-])c1. The summed E-state index contributed by atoms with van der Waals surface area (Å²) in [6.07, 6.45) is 3.25. The summed E-state index contributed by atoms with van der Waals surface area (Å²) in [6.45, 7) is 6.07. The molecule has 0 radical (unpaired) electrons. The van der Waals surface area contributed by atoms with Gasteiger partial charge in [0.25, 0.3) is 5.69 Å². The molecule has 1 heterocycles. The van der Waals surface area contributed by atoms with E-state index in [0.29, 0.717) is 18.0 Å². The second kappa shape index (κ2) is 6.10. The maximum Gasteiger partial charge on any atom is 0.291 e. The van der Waals surface area contributed by atoms with Crippen LogP contribution in [0.15, 0.2) is 12.3 Å². The number of pyridine rings is 1. The normalized spacial score (nSPS) is 12.8. The average Bonchev–Trinajstić information content (AvgIpc) is 2.19. The van der Waals surface area contributed by atoms with Crippen molar-refractivity contribution in [3.63, 3.8) is 0 Å². The summed E-state index contributed by atoms with van der Waals surface area (Å²) in [5.74, 6) is 0.559. The van der Waals surface area contributed by atoms with E-state index in [1.165, 1.54) is 0 Å². The van der Waals surface area contributed by atoms with Crippen LogP contribution in [0, 0.1) is 23.0 Å². The highest BCUT2D eigenvalue weighted by Crippen LogP contribution is 2.23. The summed E-state index contributed by atoms with van der Waals surface area (Å²) in [7, 11) is 0. The average molecular weight is 301 g/mol. The first-order valence-corrected chi connectivity index (χ1v) is 6.55. The molecular formula is C12H17BrN2O2. The van der Waals surface area contributed by atoms with Gasteiger partial charge in [-0.15, -0.1) is 0 Å². The first-order valence-electron chi connectivity index (χ1n) is 5.64. The first kappa shape index (κ1) is 14.1. The maximum atomic E-state index is 10.9. The molecule has 0 aliphatic rings. The molecule has 0 spiro atoms. The zero-order chi connectivity index (χ0) is 13.0. The summed E-state index contributed by atoms with van der Waals surface area (Å²) in [5, 5.41) is 10.9. The molecule has 0 N–H and O–H groups in total. The van der Waals surface area contributed by atoms with Crippen LogP contribution in [0.1, 0.15) is 31.5 Å². The lowest BCUT2D eigenvalue weighted by Gasteiger charge is -2.11. The summed E-state index contributed by atoms with van der Waals surface area (Å²) >= 11 is 3.55. The van der Waals surface area contributed by atoms with Gasteiger partial charge < -0.3 is 0 Å². The van der Waals surface area contributed by atoms with E-state index >= 15 is 0 Å². The largest absolute Gasteiger partial charge is 0.291 e. The lowest BCUT2D eigenvalue weighted by molar-refractivity contribution is -0.386. The number of rotatable bonds is 5. The Morgan fingerprint density at radius 2 is 2.18 bits per heavy atom. The number of alkyl halides is 1. The standard InChI is InChI=1S/C12H17BrN2O2/c1-8(2)4-10(13)6-11-12(15(16)17)5-9(3)7-14-11/h5,7-8,10H,4,6H2,1-3H3. The molecule has 0 fully saturated rings. The Balaban J connectivity index is 2.86. The Morgan fingerprint density at radius 1 is 1.53 bits per heavy atom. The molecule has 0 saturated heterocycles. The molecule has 4 nitrogen and oxygen atoms in total. The molecule has 0 aliphatic carbocycles. The van der Waals surface area contributed by atoms with Gasteiger partial charge in [0.1, 0.15) is 5.69 Å². The molecule has 1 atom stereocenters. The van der Waals surface area contributed by atoms with Crippen LogP contribution < -0.4 is 0 Å². The molecule has 1 aromatic rings. The van der Waals surface area contributed by atoms with E-state index in [1.807, 2.05) is 6.92 Å². The second-order valence-corrected chi connectivity index (χ2v) is 5.96. The number of hydrogen-bond acceptors (Lipinski definition) is 3. The van der Waals surface area contributed by atoms with Gasteiger partial charge in [-0.25, -0.2) is 0 Å². The van der Waals surface area contributed by atoms with Crippen LogP contribution in [0.2, 0.25) is 0 Å². The Hall–Kier alpha value is -0.970. The van der Waals surface area contributed by atoms with Crippen molar-refractivity contribution in [2.75, 3.05) is 0 Å². The topological polar surface area (TPSA) is 56.0 Å². The lowest BCUT2D eigenvalue weighted by atomic mass is 10.0. The number of nitrogens with zero attached hydrogens (tertiary/aromatic N) is 2. The minimum Gasteiger partial charge on any atom is -0.258 e. The highest BCUT2D eigenvalue weighted by Gasteiger charge is 2.18. The van der Waals surface area contributed by atoms with E-state index < -0.39 is 0 Å². The van der Waals surface area contributed by atoms with E-state index in [-0.39, 0.29) is 15.4 Å². The van der Waals surface area contributed by atoms with Crippen LogP contribution in [0.5, 0.6) is 0 Å². The molecule has 1 unspecified atom stereocenters. The summed E-state index contributed by atoms with van der Waals surface area (Å²) in [4.78, 5) is 15.0. The third-order valence-corrected chi connectivity index (χ3v) is 3.12. The van der Waals surface area contributed by atoms with Crippen LogP contribution in [-0.2, 0) is 6.42 Å². The van der Waals surface area contributed by atoms with Gasteiger partial charge in [-0.3, -0.25) is 15.1 Å². The summed E-state index contributed by atoms with van der Waals surface area (Å²) in [5.41, 5.74) is 1.50. The fraction of sp³-hybridized carbons (Fsp3) is 0.583. The van der Waals surface area contributed by atoms with Gasteiger partial charge in [0.15, 0.2) is 0 Å². The number of aromatic nitrogens is 1. The number of nitro groups is 1. The maximum absolute atomic E-state index is 10.9. The Bertz CT molecular complexity index is 407. The van der Waals surface area contributed by atoms with Gasteiger partial charge in [-0.2, -0.15) is 0 Å². The highest BCUT2D eigenvalue weighted by atomic mass is 79.9. The molecule has 5 heteroatoms. The number of aryl methyl sites for hydroxylation is 1. The van der Waals surface area contributed by atoms with Gasteiger partial charge in [0.05, 0.1) is 4.92 Å². The van der Waals surface area contributed by atoms with Crippen molar-refractivity contribution in [2.24, 2.45) is 5.92 Å². The Labute approximate surface area is 110 Å². The minimum atomic E-state index is -0.357. The predicted molar refractivity (Wildman–Crippen MR) is 71.5 cm³/mol. The van der Waals surface area contributed by atoms with Crippen LogP contribution in [0.25, 0.3) is 0 Å². The summed E-state index contributed by atoms with van der Waals surface area (Å²) in [6, 6.07) is 1.58. The van der Waals surface area contributed by atoms with Crippen LogP contribution in [-0.4, -0.2) is 14.7 Å². The van der Waals surface area contributed by atoms with Crippen molar-refractivity contribution in [1.82, 2.24) is 4.98 Å². The molecule has 0 saturated carbocycles. The minimum absolute atomic E-state index is 0.123. The molecule has 0 amide bonds. The Morgan fingerprint density at radius 3 is 2.71 bits per heavy atom. The van der Waals surface area contributed by atoms with Crippen LogP contribution in [0.3, 0.4) is 0 Å². The van der Waals surface area contributed by atoms with Crippen LogP contribution >= 0.6 is 15.9 Å². The van der Waals surface area contributed by atoms with Gasteiger partial charge in [0, 0.05) is 23.5 Å². The van der Waals surface area contributed by atoms with Crippen molar-refractivity contribution >= 4 is 21.6 Å². The number of halogens is 1. The molecule has 0 bridgehead atoms. The smallest absolute Gasteiger partial charge is 0.258 e. The Kier molecular flexibility index (Phi) is 5.05. The molecule has 94 valence electrons. The fourth-order valence-electron chi connectivity index (χ4n) is 1.70. The third kappa shape index (κ3) is 4.42. The quantitative estimate of drug-likeness (QED) is 0.474. The van der Waals surface area contributed by atoms with E-state index in [1.54, 1.807) is 12.3 Å². The van der Waals surface area contributed by atoms with Gasteiger partial charge in [0.2, 0.25) is 0 Å². The van der Waals surface area contributed by atoms with Crippen molar-refractivity contribution in [3.05, 3.63) is 33.6 Å². The van der Waals surface area contributed by atoms with Gasteiger partial charge in [-0.1, -0.05) is 29.8 Å². The van der Waals surface area contributed by atoms with Gasteiger partial charge in [-0.05, 0) is 24.8 Å². The van der Waals surface area contributed by atoms with Crippen molar-refractivity contribution in [3.8, 4) is 0 Å². The van der Waals surface area contributed by atoms with Crippen molar-refractivity contribution < 1.29 is 4.92 Å². The highest BCUT2D eigenvalue weighted by molar-refractivity contribution is 9.09. The lowest BCUT2D eigenvalue weighted by Crippen LogP contribution is -2.10. The summed E-state index contributed by atoms with van der Waals surface area (Å²) < 4.78 is 0. The second-order valence-electron chi connectivity index (χ2n) is 4.67. The van der Waals surface area contributed by atoms with E-state index in [2.05, 4.69) is 34.8 Å². The molecule has 1 rings (SSSR count). The first-order chi connectivity index (χ1) is 7.90. The van der Waals surface area contributed by atoms with E-state index in [0.717, 1.165) is 12.0 Å². The fourth-order valence-corrected chi connectivity index (χ4v) is 2.76.